The lowest BCUT2D eigenvalue weighted by molar-refractivity contribution is 0.202. The zero-order valence-corrected chi connectivity index (χ0v) is 11.9. The van der Waals surface area contributed by atoms with Crippen LogP contribution in [-0.4, -0.2) is 44.6 Å². The highest BCUT2D eigenvalue weighted by Crippen LogP contribution is 2.26. The summed E-state index contributed by atoms with van der Waals surface area (Å²) in [4.78, 5) is 1.85. The summed E-state index contributed by atoms with van der Waals surface area (Å²) >= 11 is 0. The van der Waals surface area contributed by atoms with Gasteiger partial charge in [0.05, 0.1) is 18.9 Å². The van der Waals surface area contributed by atoms with E-state index in [-0.39, 0.29) is 12.4 Å². The van der Waals surface area contributed by atoms with Gasteiger partial charge >= 0.3 is 0 Å². The van der Waals surface area contributed by atoms with Gasteiger partial charge in [-0.15, -0.1) is 0 Å². The van der Waals surface area contributed by atoms with Gasteiger partial charge in [0.1, 0.15) is 5.82 Å². The molecule has 0 radical (unpaired) electrons. The number of hydrogen-bond acceptors (Lipinski definition) is 4. The van der Waals surface area contributed by atoms with Crippen LogP contribution < -0.4 is 10.2 Å². The van der Waals surface area contributed by atoms with E-state index in [9.17, 15) is 9.50 Å². The fourth-order valence-electron chi connectivity index (χ4n) is 2.26. The number of aliphatic hydroxyl groups excluding tert-OH is 1. The summed E-state index contributed by atoms with van der Waals surface area (Å²) in [5, 5.41) is 12.6. The highest BCUT2D eigenvalue weighted by Gasteiger charge is 2.22. The van der Waals surface area contributed by atoms with Crippen molar-refractivity contribution < 1.29 is 14.2 Å². The highest BCUT2D eigenvalue weighted by atomic mass is 19.1. The highest BCUT2D eigenvalue weighted by molar-refractivity contribution is 5.55. The van der Waals surface area contributed by atoms with Gasteiger partial charge in [0.25, 0.3) is 0 Å². The largest absolute Gasteiger partial charge is 0.395 e. The van der Waals surface area contributed by atoms with Crippen molar-refractivity contribution in [1.82, 2.24) is 5.32 Å². The number of methoxy groups -OCH3 is 1. The number of ether oxygens (including phenoxy) is 1. The van der Waals surface area contributed by atoms with Crippen LogP contribution in [0.4, 0.5) is 10.1 Å². The number of hydrogen-bond donors (Lipinski definition) is 2. The van der Waals surface area contributed by atoms with E-state index in [2.05, 4.69) is 5.32 Å². The van der Waals surface area contributed by atoms with Crippen LogP contribution >= 0.6 is 0 Å². The van der Waals surface area contributed by atoms with Crippen molar-refractivity contribution in [3.05, 3.63) is 29.6 Å². The van der Waals surface area contributed by atoms with Crippen LogP contribution in [0.25, 0.3) is 0 Å². The fourth-order valence-corrected chi connectivity index (χ4v) is 2.26. The monoisotopic (exact) mass is 282 g/mol. The molecule has 0 spiro atoms. The van der Waals surface area contributed by atoms with Crippen molar-refractivity contribution >= 4 is 5.69 Å². The first-order valence-electron chi connectivity index (χ1n) is 7.11. The second-order valence-electron chi connectivity index (χ2n) is 5.11. The minimum absolute atomic E-state index is 0.00641. The van der Waals surface area contributed by atoms with E-state index in [4.69, 9.17) is 4.74 Å². The molecule has 112 valence electrons. The van der Waals surface area contributed by atoms with Crippen molar-refractivity contribution in [2.24, 2.45) is 0 Å². The van der Waals surface area contributed by atoms with Crippen molar-refractivity contribution in [1.29, 1.82) is 0 Å². The SMILES string of the molecule is COCCN(CCO)c1c(F)cccc1CNC1CC1. The average molecular weight is 282 g/mol. The number of para-hydroxylation sites is 1. The van der Waals surface area contributed by atoms with Crippen molar-refractivity contribution in [2.75, 3.05) is 38.3 Å². The summed E-state index contributed by atoms with van der Waals surface area (Å²) < 4.78 is 19.3. The Balaban J connectivity index is 2.15. The Hall–Kier alpha value is -1.17. The van der Waals surface area contributed by atoms with Gasteiger partial charge in [-0.2, -0.15) is 0 Å². The topological polar surface area (TPSA) is 44.7 Å². The number of aliphatic hydroxyl groups is 1. The molecule has 0 saturated heterocycles. The molecule has 0 aliphatic heterocycles. The Labute approximate surface area is 119 Å². The third-order valence-corrected chi connectivity index (χ3v) is 3.48. The summed E-state index contributed by atoms with van der Waals surface area (Å²) in [7, 11) is 1.62. The maximum absolute atomic E-state index is 14.2. The number of nitrogens with one attached hydrogen (secondary N) is 1. The Morgan fingerprint density at radius 1 is 1.40 bits per heavy atom. The minimum Gasteiger partial charge on any atom is -0.395 e. The lowest BCUT2D eigenvalue weighted by atomic mass is 10.1. The Morgan fingerprint density at radius 3 is 2.85 bits per heavy atom. The number of halogens is 1. The van der Waals surface area contributed by atoms with Crippen LogP contribution in [-0.2, 0) is 11.3 Å². The van der Waals surface area contributed by atoms with Crippen molar-refractivity contribution in [3.8, 4) is 0 Å². The van der Waals surface area contributed by atoms with Crippen LogP contribution in [0.2, 0.25) is 0 Å². The normalized spacial score (nSPS) is 14.6. The molecule has 0 aromatic heterocycles. The summed E-state index contributed by atoms with van der Waals surface area (Å²) in [5.74, 6) is -0.246. The Kier molecular flexibility index (Phi) is 5.76. The molecule has 0 unspecified atom stereocenters. The molecule has 1 aliphatic carbocycles. The van der Waals surface area contributed by atoms with Crippen LogP contribution in [0, 0.1) is 5.82 Å². The smallest absolute Gasteiger partial charge is 0.146 e. The molecular weight excluding hydrogens is 259 g/mol. The van der Waals surface area contributed by atoms with Gasteiger partial charge in [-0.25, -0.2) is 4.39 Å². The van der Waals surface area contributed by atoms with Crippen molar-refractivity contribution in [2.45, 2.75) is 25.4 Å². The molecule has 1 aromatic rings. The summed E-state index contributed by atoms with van der Waals surface area (Å²) in [6.07, 6.45) is 2.41. The number of rotatable bonds is 9. The molecule has 20 heavy (non-hydrogen) atoms. The minimum atomic E-state index is -0.246. The zero-order chi connectivity index (χ0) is 14.4. The maximum Gasteiger partial charge on any atom is 0.146 e. The third-order valence-electron chi connectivity index (χ3n) is 3.48. The molecule has 0 heterocycles. The number of nitrogens with zero attached hydrogens (tertiary/aromatic N) is 1. The van der Waals surface area contributed by atoms with E-state index in [1.54, 1.807) is 13.2 Å². The fraction of sp³-hybridized carbons (Fsp3) is 0.600. The molecule has 0 atom stereocenters. The van der Waals surface area contributed by atoms with E-state index in [1.807, 2.05) is 11.0 Å². The van der Waals surface area contributed by atoms with E-state index < -0.39 is 0 Å². The first kappa shape index (κ1) is 15.2. The molecule has 5 heteroatoms. The zero-order valence-electron chi connectivity index (χ0n) is 11.9. The second kappa shape index (κ2) is 7.57. The first-order chi connectivity index (χ1) is 9.76. The molecule has 1 aromatic carbocycles. The predicted octanol–water partition coefficient (Wildman–Crippen LogP) is 1.52. The van der Waals surface area contributed by atoms with Gasteiger partial charge in [-0.3, -0.25) is 0 Å². The quantitative estimate of drug-likeness (QED) is 0.721. The van der Waals surface area contributed by atoms with E-state index in [1.165, 1.54) is 18.9 Å². The van der Waals surface area contributed by atoms with Gasteiger partial charge in [0.15, 0.2) is 0 Å². The molecule has 2 rings (SSSR count). The van der Waals surface area contributed by atoms with Gasteiger partial charge in [-0.05, 0) is 24.5 Å². The number of anilines is 1. The lowest BCUT2D eigenvalue weighted by Gasteiger charge is -2.26. The second-order valence-corrected chi connectivity index (χ2v) is 5.11. The van der Waals surface area contributed by atoms with E-state index >= 15 is 0 Å². The molecule has 1 saturated carbocycles. The molecule has 0 bridgehead atoms. The standard InChI is InChI=1S/C15H23FN2O2/c1-20-10-8-18(7-9-19)15-12(3-2-4-14(15)16)11-17-13-5-6-13/h2-4,13,17,19H,5-11H2,1H3. The molecule has 4 nitrogen and oxygen atoms in total. The molecule has 2 N–H and O–H groups in total. The Morgan fingerprint density at radius 2 is 2.20 bits per heavy atom. The first-order valence-corrected chi connectivity index (χ1v) is 7.11. The van der Waals surface area contributed by atoms with Gasteiger partial charge in [0.2, 0.25) is 0 Å². The predicted molar refractivity (Wildman–Crippen MR) is 77.4 cm³/mol. The third kappa shape index (κ3) is 4.16. The van der Waals surface area contributed by atoms with Crippen LogP contribution in [0.5, 0.6) is 0 Å². The molecule has 1 fully saturated rings. The van der Waals surface area contributed by atoms with Crippen LogP contribution in [0.15, 0.2) is 18.2 Å². The van der Waals surface area contributed by atoms with Gasteiger partial charge in [0, 0.05) is 32.8 Å². The summed E-state index contributed by atoms with van der Waals surface area (Å²) in [5.41, 5.74) is 1.51. The van der Waals surface area contributed by atoms with E-state index in [0.717, 1.165) is 5.56 Å². The van der Waals surface area contributed by atoms with Gasteiger partial charge < -0.3 is 20.1 Å². The van der Waals surface area contributed by atoms with Crippen molar-refractivity contribution in [3.63, 3.8) is 0 Å². The summed E-state index contributed by atoms with van der Waals surface area (Å²) in [6.45, 7) is 2.12. The maximum atomic E-state index is 14.2. The van der Waals surface area contributed by atoms with Crippen LogP contribution in [0.3, 0.4) is 0 Å². The van der Waals surface area contributed by atoms with Gasteiger partial charge in [-0.1, -0.05) is 12.1 Å². The molecule has 0 amide bonds. The number of benzene rings is 1. The lowest BCUT2D eigenvalue weighted by Crippen LogP contribution is -2.32. The Bertz CT molecular complexity index is 424. The molecular formula is C15H23FN2O2. The summed E-state index contributed by atoms with van der Waals surface area (Å²) in [6, 6.07) is 5.71. The molecule has 1 aliphatic rings. The van der Waals surface area contributed by atoms with Crippen LogP contribution in [0.1, 0.15) is 18.4 Å². The average Bonchev–Trinajstić information content (AvgIpc) is 3.26. The van der Waals surface area contributed by atoms with E-state index in [0.29, 0.717) is 38.0 Å².